The molecule has 3 rings (SSSR count). The van der Waals surface area contributed by atoms with Gasteiger partial charge in [0, 0.05) is 18.3 Å². The van der Waals surface area contributed by atoms with Gasteiger partial charge in [0.15, 0.2) is 0 Å². The Morgan fingerprint density at radius 3 is 2.47 bits per heavy atom. The molecule has 0 saturated heterocycles. The van der Waals surface area contributed by atoms with Crippen molar-refractivity contribution in [1.82, 2.24) is 4.40 Å². The van der Waals surface area contributed by atoms with E-state index in [4.69, 9.17) is 5.73 Å². The molecule has 0 aliphatic rings. The largest absolute Gasteiger partial charge is 0.326 e. The van der Waals surface area contributed by atoms with Crippen LogP contribution in [0.1, 0.15) is 5.56 Å². The molecule has 84 valence electrons. The highest BCUT2D eigenvalue weighted by Gasteiger charge is 2.09. The maximum absolute atomic E-state index is 5.84. The molecule has 2 nitrogen and oxygen atoms in total. The molecule has 0 aliphatic carbocycles. The van der Waals surface area contributed by atoms with Crippen LogP contribution in [0.5, 0.6) is 0 Å². The third-order valence-electron chi connectivity index (χ3n) is 3.03. The number of fused-ring (bicyclic) bond motifs is 1. The van der Waals surface area contributed by atoms with Crippen molar-refractivity contribution in [3.05, 3.63) is 66.4 Å². The van der Waals surface area contributed by atoms with Crippen LogP contribution < -0.4 is 5.73 Å². The monoisotopic (exact) mass is 222 g/mol. The minimum Gasteiger partial charge on any atom is -0.326 e. The molecule has 0 bridgehead atoms. The Morgan fingerprint density at radius 1 is 0.941 bits per heavy atom. The van der Waals surface area contributed by atoms with E-state index in [1.807, 2.05) is 18.2 Å². The molecule has 0 fully saturated rings. The number of pyridine rings is 1. The van der Waals surface area contributed by atoms with E-state index in [2.05, 4.69) is 47.0 Å². The lowest BCUT2D eigenvalue weighted by molar-refractivity contribution is 1.06. The minimum absolute atomic E-state index is 0.561. The van der Waals surface area contributed by atoms with Gasteiger partial charge >= 0.3 is 0 Å². The number of nitrogens with zero attached hydrogens (tertiary/aromatic N) is 1. The fourth-order valence-corrected chi connectivity index (χ4v) is 2.26. The summed E-state index contributed by atoms with van der Waals surface area (Å²) in [6.07, 6.45) is 2.08. The molecule has 2 N–H and O–H groups in total. The minimum atomic E-state index is 0.561. The quantitative estimate of drug-likeness (QED) is 0.709. The number of benzene rings is 1. The Bertz CT molecular complexity index is 638. The van der Waals surface area contributed by atoms with Crippen molar-refractivity contribution in [3.63, 3.8) is 0 Å². The van der Waals surface area contributed by atoms with Gasteiger partial charge in [-0.3, -0.25) is 0 Å². The molecule has 0 radical (unpaired) electrons. The Balaban J connectivity index is 2.34. The summed E-state index contributed by atoms with van der Waals surface area (Å²) < 4.78 is 2.19. The molecule has 0 saturated carbocycles. The maximum atomic E-state index is 5.84. The summed E-state index contributed by atoms with van der Waals surface area (Å²) in [6.45, 7) is 0.561. The van der Waals surface area contributed by atoms with Crippen LogP contribution in [0.2, 0.25) is 0 Å². The summed E-state index contributed by atoms with van der Waals surface area (Å²) in [6, 6.07) is 18.7. The zero-order valence-electron chi connectivity index (χ0n) is 9.51. The molecular formula is C15H14N2. The summed E-state index contributed by atoms with van der Waals surface area (Å²) in [4.78, 5) is 0. The Labute approximate surface area is 100 Å². The molecule has 0 unspecified atom stereocenters. The van der Waals surface area contributed by atoms with Gasteiger partial charge in [-0.15, -0.1) is 0 Å². The number of nitrogens with two attached hydrogens (primary N) is 1. The number of rotatable bonds is 2. The summed E-state index contributed by atoms with van der Waals surface area (Å²) in [5.41, 5.74) is 10.6. The molecule has 2 aromatic heterocycles. The fourth-order valence-electron chi connectivity index (χ4n) is 2.26. The predicted octanol–water partition coefficient (Wildman–Crippen LogP) is 3.07. The molecule has 0 spiro atoms. The fraction of sp³-hybridized carbons (Fsp3) is 0.0667. The first-order valence-corrected chi connectivity index (χ1v) is 5.74. The summed E-state index contributed by atoms with van der Waals surface area (Å²) in [5, 5.41) is 0. The van der Waals surface area contributed by atoms with Crippen molar-refractivity contribution in [2.24, 2.45) is 5.73 Å². The smallest absolute Gasteiger partial charge is 0.0573 e. The molecular weight excluding hydrogens is 208 g/mol. The SMILES string of the molecule is NCc1cc2ccccn2c1-c1ccccc1. The Morgan fingerprint density at radius 2 is 1.71 bits per heavy atom. The van der Waals surface area contributed by atoms with Crippen molar-refractivity contribution in [3.8, 4) is 11.3 Å². The zero-order chi connectivity index (χ0) is 11.7. The molecule has 3 aromatic rings. The van der Waals surface area contributed by atoms with E-state index in [0.717, 1.165) is 0 Å². The van der Waals surface area contributed by atoms with Crippen molar-refractivity contribution in [2.45, 2.75) is 6.54 Å². The van der Waals surface area contributed by atoms with Gasteiger partial charge in [0.25, 0.3) is 0 Å². The number of aromatic nitrogens is 1. The van der Waals surface area contributed by atoms with Crippen LogP contribution in [0, 0.1) is 0 Å². The van der Waals surface area contributed by atoms with E-state index in [0.29, 0.717) is 6.54 Å². The molecule has 2 heterocycles. The number of hydrogen-bond acceptors (Lipinski definition) is 1. The first-order chi connectivity index (χ1) is 8.40. The van der Waals surface area contributed by atoms with E-state index in [1.54, 1.807) is 0 Å². The molecule has 0 aliphatic heterocycles. The van der Waals surface area contributed by atoms with Crippen molar-refractivity contribution in [2.75, 3.05) is 0 Å². The summed E-state index contributed by atoms with van der Waals surface area (Å²) in [5.74, 6) is 0. The van der Waals surface area contributed by atoms with Crippen LogP contribution in [0.4, 0.5) is 0 Å². The average Bonchev–Trinajstić information content (AvgIpc) is 2.78. The lowest BCUT2D eigenvalue weighted by Crippen LogP contribution is -1.97. The Kier molecular flexibility index (Phi) is 2.42. The highest BCUT2D eigenvalue weighted by Crippen LogP contribution is 2.27. The van der Waals surface area contributed by atoms with Crippen molar-refractivity contribution >= 4 is 5.52 Å². The average molecular weight is 222 g/mol. The third-order valence-corrected chi connectivity index (χ3v) is 3.03. The first-order valence-electron chi connectivity index (χ1n) is 5.74. The standard InChI is InChI=1S/C15H14N2/c16-11-13-10-14-8-4-5-9-17(14)15(13)12-6-2-1-3-7-12/h1-10H,11,16H2. The molecule has 2 heteroatoms. The molecule has 0 amide bonds. The lowest BCUT2D eigenvalue weighted by atomic mass is 10.1. The van der Waals surface area contributed by atoms with Crippen LogP contribution in [0.15, 0.2) is 60.8 Å². The predicted molar refractivity (Wildman–Crippen MR) is 70.7 cm³/mol. The lowest BCUT2D eigenvalue weighted by Gasteiger charge is -2.05. The number of hydrogen-bond donors (Lipinski definition) is 1. The molecule has 0 atom stereocenters. The van der Waals surface area contributed by atoms with Crippen LogP contribution in [-0.4, -0.2) is 4.40 Å². The van der Waals surface area contributed by atoms with Gasteiger partial charge in [-0.2, -0.15) is 0 Å². The molecule has 17 heavy (non-hydrogen) atoms. The van der Waals surface area contributed by atoms with E-state index >= 15 is 0 Å². The third kappa shape index (κ3) is 1.63. The highest BCUT2D eigenvalue weighted by molar-refractivity contribution is 5.71. The van der Waals surface area contributed by atoms with Gasteiger partial charge in [0.05, 0.1) is 5.69 Å². The first kappa shape index (κ1) is 10.1. The second-order valence-corrected chi connectivity index (χ2v) is 4.08. The van der Waals surface area contributed by atoms with Gasteiger partial charge in [0.1, 0.15) is 0 Å². The normalized spacial score (nSPS) is 10.9. The topological polar surface area (TPSA) is 30.4 Å². The van der Waals surface area contributed by atoms with E-state index < -0.39 is 0 Å². The zero-order valence-corrected chi connectivity index (χ0v) is 9.51. The summed E-state index contributed by atoms with van der Waals surface area (Å²) >= 11 is 0. The van der Waals surface area contributed by atoms with E-state index in [1.165, 1.54) is 22.3 Å². The van der Waals surface area contributed by atoms with Crippen LogP contribution in [0.25, 0.3) is 16.8 Å². The van der Waals surface area contributed by atoms with Crippen molar-refractivity contribution in [1.29, 1.82) is 0 Å². The maximum Gasteiger partial charge on any atom is 0.0573 e. The second kappa shape index (κ2) is 4.07. The van der Waals surface area contributed by atoms with Crippen molar-refractivity contribution < 1.29 is 0 Å². The molecule has 1 aromatic carbocycles. The van der Waals surface area contributed by atoms with Crippen LogP contribution in [-0.2, 0) is 6.54 Å². The summed E-state index contributed by atoms with van der Waals surface area (Å²) in [7, 11) is 0. The Hall–Kier alpha value is -2.06. The van der Waals surface area contributed by atoms with Gasteiger partial charge < -0.3 is 10.1 Å². The van der Waals surface area contributed by atoms with Gasteiger partial charge in [-0.1, -0.05) is 36.4 Å². The van der Waals surface area contributed by atoms with E-state index in [-0.39, 0.29) is 0 Å². The van der Waals surface area contributed by atoms with Gasteiger partial charge in [-0.25, -0.2) is 0 Å². The van der Waals surface area contributed by atoms with Gasteiger partial charge in [-0.05, 0) is 29.3 Å². The van der Waals surface area contributed by atoms with E-state index in [9.17, 15) is 0 Å². The van der Waals surface area contributed by atoms with Gasteiger partial charge in [0.2, 0.25) is 0 Å². The second-order valence-electron chi connectivity index (χ2n) is 4.08. The highest BCUT2D eigenvalue weighted by atomic mass is 14.9. The van der Waals surface area contributed by atoms with Crippen LogP contribution in [0.3, 0.4) is 0 Å². The van der Waals surface area contributed by atoms with Crippen LogP contribution >= 0.6 is 0 Å².